The van der Waals surface area contributed by atoms with Gasteiger partial charge in [0, 0.05) is 50.1 Å². The average Bonchev–Trinajstić information content (AvgIpc) is 3.09. The van der Waals surface area contributed by atoms with Gasteiger partial charge in [-0.25, -0.2) is 0 Å². The van der Waals surface area contributed by atoms with Crippen LogP contribution in [0.25, 0.3) is 0 Å². The van der Waals surface area contributed by atoms with Crippen LogP contribution in [0.5, 0.6) is 10.9 Å². The molecule has 0 saturated carbocycles. The van der Waals surface area contributed by atoms with Gasteiger partial charge in [0.15, 0.2) is 6.29 Å². The van der Waals surface area contributed by atoms with Crippen molar-refractivity contribution in [2.24, 2.45) is 0 Å². The molecule has 1 aliphatic rings. The number of amides is 1. The van der Waals surface area contributed by atoms with Crippen LogP contribution in [0.15, 0.2) is 26.7 Å². The number of nitrogens with zero attached hydrogens (tertiary/aromatic N) is 3. The van der Waals surface area contributed by atoms with Crippen molar-refractivity contribution in [3.63, 3.8) is 0 Å². The van der Waals surface area contributed by atoms with Crippen LogP contribution in [0.1, 0.15) is 25.0 Å². The van der Waals surface area contributed by atoms with Crippen LogP contribution in [0.4, 0.5) is 4.79 Å². The highest BCUT2D eigenvalue weighted by molar-refractivity contribution is 8.13. The summed E-state index contributed by atoms with van der Waals surface area (Å²) in [6.45, 7) is 0.829. The standard InChI is InChI=1S/C16H19N3O6S2/c1-19(2)16(21)26-14-17-15(27-18-14)25-12-9-23-10(7-11(12)20)8-24-13-5-3-4-6-22-13/h7,9,13H,3-6,8H2,1-2H3. The van der Waals surface area contributed by atoms with E-state index in [0.717, 1.165) is 42.6 Å². The molecule has 1 fully saturated rings. The first-order chi connectivity index (χ1) is 13.0. The normalized spacial score (nSPS) is 16.9. The zero-order chi connectivity index (χ0) is 19.2. The number of aromatic nitrogens is 2. The predicted octanol–water partition coefficient (Wildman–Crippen LogP) is 3.10. The molecule has 1 amide bonds. The van der Waals surface area contributed by atoms with Crippen LogP contribution in [0, 0.1) is 0 Å². The SMILES string of the molecule is CN(C)C(=O)Sc1nsc(Oc2coc(COC3CCCCO3)cc2=O)n1. The first-order valence-electron chi connectivity index (χ1n) is 8.27. The summed E-state index contributed by atoms with van der Waals surface area (Å²) in [4.78, 5) is 29.3. The summed E-state index contributed by atoms with van der Waals surface area (Å²) >= 11 is 1.82. The Bertz CT molecular complexity index is 832. The third kappa shape index (κ3) is 5.76. The van der Waals surface area contributed by atoms with Gasteiger partial charge in [-0.3, -0.25) is 9.59 Å². The molecule has 0 spiro atoms. The van der Waals surface area contributed by atoms with Crippen molar-refractivity contribution in [1.82, 2.24) is 14.3 Å². The van der Waals surface area contributed by atoms with Gasteiger partial charge in [0.25, 0.3) is 10.4 Å². The Hall–Kier alpha value is -1.95. The van der Waals surface area contributed by atoms with E-state index >= 15 is 0 Å². The molecule has 27 heavy (non-hydrogen) atoms. The van der Waals surface area contributed by atoms with Crippen LogP contribution in [-0.4, -0.2) is 46.5 Å². The van der Waals surface area contributed by atoms with Crippen molar-refractivity contribution in [2.75, 3.05) is 20.7 Å². The lowest BCUT2D eigenvalue weighted by molar-refractivity contribution is -0.171. The fourth-order valence-electron chi connectivity index (χ4n) is 2.15. The molecular formula is C16H19N3O6S2. The molecule has 0 aromatic carbocycles. The molecule has 2 aromatic heterocycles. The molecule has 0 bridgehead atoms. The van der Waals surface area contributed by atoms with Crippen LogP contribution in [0.2, 0.25) is 0 Å². The maximum Gasteiger partial charge on any atom is 0.299 e. The molecule has 1 saturated heterocycles. The molecule has 0 aliphatic carbocycles. The molecule has 1 atom stereocenters. The van der Waals surface area contributed by atoms with E-state index in [2.05, 4.69) is 9.36 Å². The minimum Gasteiger partial charge on any atom is -0.463 e. The quantitative estimate of drug-likeness (QED) is 0.661. The number of hydrogen-bond acceptors (Lipinski definition) is 10. The lowest BCUT2D eigenvalue weighted by Crippen LogP contribution is -2.22. The van der Waals surface area contributed by atoms with Crippen molar-refractivity contribution >= 4 is 28.5 Å². The Balaban J connectivity index is 1.57. The Morgan fingerprint density at radius 1 is 1.44 bits per heavy atom. The van der Waals surface area contributed by atoms with Crippen molar-refractivity contribution in [3.05, 3.63) is 28.3 Å². The molecular weight excluding hydrogens is 394 g/mol. The van der Waals surface area contributed by atoms with Crippen LogP contribution < -0.4 is 10.2 Å². The average molecular weight is 413 g/mol. The van der Waals surface area contributed by atoms with E-state index in [-0.39, 0.29) is 39.7 Å². The summed E-state index contributed by atoms with van der Waals surface area (Å²) in [5.41, 5.74) is -0.363. The van der Waals surface area contributed by atoms with Crippen LogP contribution >= 0.6 is 23.3 Å². The molecule has 1 unspecified atom stereocenters. The summed E-state index contributed by atoms with van der Waals surface area (Å²) in [5, 5.41) is 0.205. The first kappa shape index (κ1) is 19.8. The van der Waals surface area contributed by atoms with E-state index in [1.165, 1.54) is 17.2 Å². The minimum absolute atomic E-state index is 0.0145. The van der Waals surface area contributed by atoms with Crippen LogP contribution in [0.3, 0.4) is 0 Å². The lowest BCUT2D eigenvalue weighted by atomic mass is 10.2. The Labute approximate surface area is 163 Å². The van der Waals surface area contributed by atoms with Gasteiger partial charge in [0.05, 0.1) is 0 Å². The highest BCUT2D eigenvalue weighted by atomic mass is 32.2. The summed E-state index contributed by atoms with van der Waals surface area (Å²) in [6.07, 6.45) is 3.88. The third-order valence-electron chi connectivity index (χ3n) is 3.53. The topological polar surface area (TPSA) is 104 Å². The highest BCUT2D eigenvalue weighted by Crippen LogP contribution is 2.26. The molecule has 0 N–H and O–H groups in total. The van der Waals surface area contributed by atoms with E-state index in [1.54, 1.807) is 14.1 Å². The van der Waals surface area contributed by atoms with Crippen molar-refractivity contribution in [1.29, 1.82) is 0 Å². The number of hydrogen-bond donors (Lipinski definition) is 0. The van der Waals surface area contributed by atoms with Crippen molar-refractivity contribution in [3.8, 4) is 10.9 Å². The summed E-state index contributed by atoms with van der Waals surface area (Å²) in [6, 6.07) is 1.31. The number of ether oxygens (including phenoxy) is 3. The Kier molecular flexibility index (Phi) is 6.83. The lowest BCUT2D eigenvalue weighted by Gasteiger charge is -2.22. The Morgan fingerprint density at radius 2 is 2.30 bits per heavy atom. The molecule has 1 aliphatic heterocycles. The molecule has 9 nitrogen and oxygen atoms in total. The van der Waals surface area contributed by atoms with E-state index in [9.17, 15) is 9.59 Å². The molecule has 0 radical (unpaired) electrons. The van der Waals surface area contributed by atoms with Gasteiger partial charge in [0.1, 0.15) is 18.6 Å². The van der Waals surface area contributed by atoms with Crippen LogP contribution in [-0.2, 0) is 16.1 Å². The largest absolute Gasteiger partial charge is 0.463 e. The van der Waals surface area contributed by atoms with Gasteiger partial charge >= 0.3 is 0 Å². The smallest absolute Gasteiger partial charge is 0.299 e. The molecule has 3 rings (SSSR count). The number of carbonyl (C=O) groups excluding carboxylic acids is 1. The first-order valence-corrected chi connectivity index (χ1v) is 9.86. The predicted molar refractivity (Wildman–Crippen MR) is 98.3 cm³/mol. The van der Waals surface area contributed by atoms with Crippen molar-refractivity contribution < 1.29 is 23.4 Å². The zero-order valence-corrected chi connectivity index (χ0v) is 16.5. The van der Waals surface area contributed by atoms with Gasteiger partial charge < -0.3 is 23.5 Å². The number of thioether (sulfide) groups is 1. The monoisotopic (exact) mass is 413 g/mol. The van der Waals surface area contributed by atoms with Gasteiger partial charge in [0.2, 0.25) is 16.3 Å². The Morgan fingerprint density at radius 3 is 3.00 bits per heavy atom. The van der Waals surface area contributed by atoms with Gasteiger partial charge in [-0.05, 0) is 19.3 Å². The second kappa shape index (κ2) is 9.31. The maximum atomic E-state index is 12.2. The highest BCUT2D eigenvalue weighted by Gasteiger charge is 2.16. The zero-order valence-electron chi connectivity index (χ0n) is 14.9. The van der Waals surface area contributed by atoms with E-state index in [1.807, 2.05) is 0 Å². The number of rotatable bonds is 6. The summed E-state index contributed by atoms with van der Waals surface area (Å²) in [5.74, 6) is 0.367. The van der Waals surface area contributed by atoms with Crippen molar-refractivity contribution in [2.45, 2.75) is 37.3 Å². The summed E-state index contributed by atoms with van der Waals surface area (Å²) < 4.78 is 25.9. The fourth-order valence-corrected chi connectivity index (χ4v) is 3.39. The molecule has 2 aromatic rings. The van der Waals surface area contributed by atoms with E-state index in [4.69, 9.17) is 18.6 Å². The molecule has 3 heterocycles. The fraction of sp³-hybridized carbons (Fsp3) is 0.500. The second-order valence-electron chi connectivity index (χ2n) is 5.89. The molecule has 11 heteroatoms. The molecule has 146 valence electrons. The van der Waals surface area contributed by atoms with Gasteiger partial charge in [-0.15, -0.1) is 0 Å². The minimum atomic E-state index is -0.363. The maximum absolute atomic E-state index is 12.2. The van der Waals surface area contributed by atoms with Gasteiger partial charge in [-0.2, -0.15) is 9.36 Å². The van der Waals surface area contributed by atoms with E-state index < -0.39 is 0 Å². The summed E-state index contributed by atoms with van der Waals surface area (Å²) in [7, 11) is 3.27. The number of carbonyl (C=O) groups is 1. The second-order valence-corrected chi connectivity index (χ2v) is 7.52. The van der Waals surface area contributed by atoms with Gasteiger partial charge in [-0.1, -0.05) is 0 Å². The third-order valence-corrected chi connectivity index (χ3v) is 5.15. The van der Waals surface area contributed by atoms with E-state index in [0.29, 0.717) is 12.4 Å².